The van der Waals surface area contributed by atoms with Crippen LogP contribution in [0.5, 0.6) is 5.75 Å². The fourth-order valence-corrected chi connectivity index (χ4v) is 4.89. The molecule has 0 bridgehead atoms. The molecule has 1 unspecified atom stereocenters. The van der Waals surface area contributed by atoms with Crippen LogP contribution in [0, 0.1) is 0 Å². The fourth-order valence-electron chi connectivity index (χ4n) is 3.59. The number of fused-ring (bicyclic) bond motifs is 1. The summed E-state index contributed by atoms with van der Waals surface area (Å²) in [6, 6.07) is 24.1. The molecular weight excluding hydrogens is 382 g/mol. The minimum atomic E-state index is -3.54. The summed E-state index contributed by atoms with van der Waals surface area (Å²) in [5.41, 5.74) is 2.38. The van der Waals surface area contributed by atoms with E-state index in [1.54, 1.807) is 36.4 Å². The number of ether oxygens (including phenoxy) is 1. The first kappa shape index (κ1) is 19.7. The molecule has 29 heavy (non-hydrogen) atoms. The maximum Gasteiger partial charge on any atom is 0.206 e. The molecule has 0 saturated heterocycles. The minimum Gasteiger partial charge on any atom is -0.489 e. The molecule has 1 aliphatic heterocycles. The average Bonchev–Trinajstić information content (AvgIpc) is 2.77. The lowest BCUT2D eigenvalue weighted by Gasteiger charge is -2.27. The second kappa shape index (κ2) is 8.80. The summed E-state index contributed by atoms with van der Waals surface area (Å²) < 4.78 is 31.9. The summed E-state index contributed by atoms with van der Waals surface area (Å²) in [7, 11) is -3.54. The molecule has 3 aromatic carbocycles. The molecule has 0 radical (unpaired) electrons. The molecular formula is C24H25NO3S. The van der Waals surface area contributed by atoms with Gasteiger partial charge in [-0.1, -0.05) is 54.6 Å². The number of benzene rings is 3. The van der Waals surface area contributed by atoms with Crippen molar-refractivity contribution in [2.75, 3.05) is 13.1 Å². The van der Waals surface area contributed by atoms with Crippen LogP contribution in [-0.2, 0) is 22.7 Å². The van der Waals surface area contributed by atoms with Gasteiger partial charge in [0.05, 0.1) is 9.79 Å². The molecule has 0 aromatic heterocycles. The summed E-state index contributed by atoms with van der Waals surface area (Å²) in [6.07, 6.45) is 2.85. The van der Waals surface area contributed by atoms with Gasteiger partial charge in [0.15, 0.2) is 0 Å². The molecule has 1 aliphatic rings. The number of sulfone groups is 1. The lowest BCUT2D eigenvalue weighted by atomic mass is 10.0. The topological polar surface area (TPSA) is 55.4 Å². The van der Waals surface area contributed by atoms with E-state index in [0.717, 1.165) is 37.9 Å². The van der Waals surface area contributed by atoms with Crippen LogP contribution < -0.4 is 10.1 Å². The van der Waals surface area contributed by atoms with Gasteiger partial charge in [0.2, 0.25) is 9.84 Å². The highest BCUT2D eigenvalue weighted by Crippen LogP contribution is 2.32. The summed E-state index contributed by atoms with van der Waals surface area (Å²) in [6.45, 7) is 1.64. The zero-order valence-corrected chi connectivity index (χ0v) is 17.1. The molecule has 0 spiro atoms. The van der Waals surface area contributed by atoms with Crippen LogP contribution in [0.15, 0.2) is 88.7 Å². The summed E-state index contributed by atoms with van der Waals surface area (Å²) in [5, 5.41) is 3.46. The van der Waals surface area contributed by atoms with Crippen molar-refractivity contribution < 1.29 is 13.2 Å². The van der Waals surface area contributed by atoms with Gasteiger partial charge in [-0.2, -0.15) is 0 Å². The Morgan fingerprint density at radius 3 is 2.38 bits per heavy atom. The molecule has 0 fully saturated rings. The second-order valence-electron chi connectivity index (χ2n) is 7.30. The Balaban J connectivity index is 1.39. The van der Waals surface area contributed by atoms with Crippen molar-refractivity contribution in [3.05, 3.63) is 90.0 Å². The first-order valence-corrected chi connectivity index (χ1v) is 11.5. The molecule has 4 nitrogen and oxygen atoms in total. The van der Waals surface area contributed by atoms with E-state index in [-0.39, 0.29) is 11.0 Å². The molecule has 4 rings (SSSR count). The van der Waals surface area contributed by atoms with Crippen molar-refractivity contribution in [1.29, 1.82) is 0 Å². The van der Waals surface area contributed by atoms with E-state index in [2.05, 4.69) is 29.6 Å². The van der Waals surface area contributed by atoms with Crippen LogP contribution in [0.25, 0.3) is 0 Å². The van der Waals surface area contributed by atoms with Gasteiger partial charge in [-0.25, -0.2) is 8.42 Å². The standard InChI is InChI=1S/C24H25NO3S/c26-29(27,22-9-5-2-6-10-22)23-14-12-20-11-13-21(28-24(20)17-23)18-25-16-15-19-7-3-1-4-8-19/h1-10,12,14,17,21,25H,11,13,15-16,18H2. The van der Waals surface area contributed by atoms with Gasteiger partial charge >= 0.3 is 0 Å². The van der Waals surface area contributed by atoms with Crippen molar-refractivity contribution in [2.45, 2.75) is 35.2 Å². The van der Waals surface area contributed by atoms with E-state index in [1.807, 2.05) is 18.2 Å². The van der Waals surface area contributed by atoms with Crippen LogP contribution in [0.4, 0.5) is 0 Å². The molecule has 0 amide bonds. The van der Waals surface area contributed by atoms with Gasteiger partial charge in [-0.15, -0.1) is 0 Å². The van der Waals surface area contributed by atoms with E-state index < -0.39 is 9.84 Å². The van der Waals surface area contributed by atoms with Gasteiger partial charge in [0.25, 0.3) is 0 Å². The van der Waals surface area contributed by atoms with E-state index in [4.69, 9.17) is 4.74 Å². The van der Waals surface area contributed by atoms with Crippen LogP contribution in [0.3, 0.4) is 0 Å². The predicted molar refractivity (Wildman–Crippen MR) is 114 cm³/mol. The van der Waals surface area contributed by atoms with Crippen molar-refractivity contribution in [2.24, 2.45) is 0 Å². The molecule has 1 N–H and O–H groups in total. The number of hydrogen-bond acceptors (Lipinski definition) is 4. The largest absolute Gasteiger partial charge is 0.489 e. The fraction of sp³-hybridized carbons (Fsp3) is 0.250. The molecule has 1 heterocycles. The SMILES string of the molecule is O=S(=O)(c1ccccc1)c1ccc2c(c1)OC(CNCCc1ccccc1)CC2. The molecule has 5 heteroatoms. The van der Waals surface area contributed by atoms with Crippen LogP contribution in [-0.4, -0.2) is 27.6 Å². The van der Waals surface area contributed by atoms with Gasteiger partial charge in [-0.05, 0) is 61.2 Å². The zero-order valence-electron chi connectivity index (χ0n) is 16.3. The molecule has 150 valence electrons. The number of aryl methyl sites for hydroxylation is 1. The number of rotatable bonds is 7. The third-order valence-corrected chi connectivity index (χ3v) is 7.00. The van der Waals surface area contributed by atoms with Gasteiger partial charge in [0, 0.05) is 6.54 Å². The maximum absolute atomic E-state index is 12.9. The van der Waals surface area contributed by atoms with Gasteiger partial charge < -0.3 is 10.1 Å². The molecule has 0 saturated carbocycles. The van der Waals surface area contributed by atoms with Crippen molar-refractivity contribution in [3.63, 3.8) is 0 Å². The van der Waals surface area contributed by atoms with Gasteiger partial charge in [-0.3, -0.25) is 0 Å². The Hall–Kier alpha value is -2.63. The lowest BCUT2D eigenvalue weighted by molar-refractivity contribution is 0.170. The van der Waals surface area contributed by atoms with Crippen LogP contribution in [0.1, 0.15) is 17.5 Å². The second-order valence-corrected chi connectivity index (χ2v) is 9.25. The Bertz CT molecular complexity index is 1050. The van der Waals surface area contributed by atoms with Crippen molar-refractivity contribution >= 4 is 9.84 Å². The minimum absolute atomic E-state index is 0.0490. The van der Waals surface area contributed by atoms with Crippen LogP contribution in [0.2, 0.25) is 0 Å². The molecule has 1 atom stereocenters. The first-order chi connectivity index (χ1) is 14.1. The highest BCUT2D eigenvalue weighted by atomic mass is 32.2. The van der Waals surface area contributed by atoms with Crippen molar-refractivity contribution in [3.8, 4) is 5.75 Å². The Kier molecular flexibility index (Phi) is 5.97. The Labute approximate surface area is 172 Å². The Morgan fingerprint density at radius 2 is 1.62 bits per heavy atom. The molecule has 3 aromatic rings. The Morgan fingerprint density at radius 1 is 0.897 bits per heavy atom. The summed E-state index contributed by atoms with van der Waals surface area (Å²) in [4.78, 5) is 0.579. The third kappa shape index (κ3) is 4.69. The average molecular weight is 408 g/mol. The molecule has 0 aliphatic carbocycles. The summed E-state index contributed by atoms with van der Waals surface area (Å²) in [5.74, 6) is 0.683. The van der Waals surface area contributed by atoms with E-state index in [1.165, 1.54) is 5.56 Å². The first-order valence-electron chi connectivity index (χ1n) is 9.97. The third-order valence-electron chi connectivity index (χ3n) is 5.24. The highest BCUT2D eigenvalue weighted by Gasteiger charge is 2.23. The number of hydrogen-bond donors (Lipinski definition) is 1. The lowest BCUT2D eigenvalue weighted by Crippen LogP contribution is -2.35. The normalized spacial score (nSPS) is 16.1. The van der Waals surface area contributed by atoms with Crippen LogP contribution >= 0.6 is 0 Å². The van der Waals surface area contributed by atoms with Gasteiger partial charge in [0.1, 0.15) is 11.9 Å². The number of nitrogens with one attached hydrogen (secondary N) is 1. The highest BCUT2D eigenvalue weighted by molar-refractivity contribution is 7.91. The van der Waals surface area contributed by atoms with E-state index in [9.17, 15) is 8.42 Å². The predicted octanol–water partition coefficient (Wildman–Crippen LogP) is 4.05. The van der Waals surface area contributed by atoms with E-state index >= 15 is 0 Å². The summed E-state index contributed by atoms with van der Waals surface area (Å²) >= 11 is 0. The van der Waals surface area contributed by atoms with Crippen molar-refractivity contribution in [1.82, 2.24) is 5.32 Å². The zero-order chi connectivity index (χ0) is 20.1. The monoisotopic (exact) mass is 407 g/mol. The smallest absolute Gasteiger partial charge is 0.206 e. The quantitative estimate of drug-likeness (QED) is 0.601. The maximum atomic E-state index is 12.9. The van der Waals surface area contributed by atoms with E-state index in [0.29, 0.717) is 10.6 Å².